The Balaban J connectivity index is 2.53. The van der Waals surface area contributed by atoms with Crippen molar-refractivity contribution < 1.29 is 9.47 Å². The Morgan fingerprint density at radius 3 is 3.00 bits per heavy atom. The maximum atomic E-state index is 5.85. The zero-order valence-electron chi connectivity index (χ0n) is 9.25. The van der Waals surface area contributed by atoms with Gasteiger partial charge in [0.15, 0.2) is 11.5 Å². The number of rotatable bonds is 2. The minimum absolute atomic E-state index is 0.0160. The third-order valence-corrected chi connectivity index (χ3v) is 3.20. The number of fused-ring (bicyclic) bond motifs is 1. The van der Waals surface area contributed by atoms with Gasteiger partial charge in [0.05, 0.1) is 13.7 Å². The second-order valence-electron chi connectivity index (χ2n) is 4.20. The number of hydrogen-bond donors (Lipinski definition) is 1. The molecule has 0 spiro atoms. The molecular formula is C12H17NO2. The Morgan fingerprint density at radius 1 is 1.53 bits per heavy atom. The van der Waals surface area contributed by atoms with Gasteiger partial charge in [0.2, 0.25) is 0 Å². The molecule has 0 aliphatic carbocycles. The standard InChI is InChI=1S/C12H17NO2/c1-12(8-13)6-7-15-11-9(12)4-3-5-10(11)14-2/h3-5H,6-8,13H2,1-2H3. The number of ether oxygens (including phenoxy) is 2. The summed E-state index contributed by atoms with van der Waals surface area (Å²) in [6, 6.07) is 5.98. The lowest BCUT2D eigenvalue weighted by Gasteiger charge is -2.35. The summed E-state index contributed by atoms with van der Waals surface area (Å²) < 4.78 is 10.9. The van der Waals surface area contributed by atoms with Gasteiger partial charge in [0.25, 0.3) is 0 Å². The summed E-state index contributed by atoms with van der Waals surface area (Å²) in [6.45, 7) is 3.52. The average Bonchev–Trinajstić information content (AvgIpc) is 2.29. The van der Waals surface area contributed by atoms with E-state index in [1.807, 2.05) is 12.1 Å². The lowest BCUT2D eigenvalue weighted by Crippen LogP contribution is -2.37. The monoisotopic (exact) mass is 207 g/mol. The summed E-state index contributed by atoms with van der Waals surface area (Å²) in [7, 11) is 1.66. The van der Waals surface area contributed by atoms with Crippen LogP contribution < -0.4 is 15.2 Å². The Kier molecular flexibility index (Phi) is 2.57. The fourth-order valence-electron chi connectivity index (χ4n) is 2.03. The van der Waals surface area contributed by atoms with Gasteiger partial charge >= 0.3 is 0 Å². The van der Waals surface area contributed by atoms with Crippen molar-refractivity contribution in [2.45, 2.75) is 18.8 Å². The first-order valence-corrected chi connectivity index (χ1v) is 5.21. The van der Waals surface area contributed by atoms with E-state index in [-0.39, 0.29) is 5.41 Å². The van der Waals surface area contributed by atoms with Crippen molar-refractivity contribution in [3.05, 3.63) is 23.8 Å². The zero-order valence-corrected chi connectivity index (χ0v) is 9.25. The van der Waals surface area contributed by atoms with E-state index in [9.17, 15) is 0 Å². The van der Waals surface area contributed by atoms with Gasteiger partial charge in [0, 0.05) is 17.5 Å². The summed E-state index contributed by atoms with van der Waals surface area (Å²) in [5, 5.41) is 0. The van der Waals surface area contributed by atoms with Gasteiger partial charge in [-0.3, -0.25) is 0 Å². The van der Waals surface area contributed by atoms with Crippen LogP contribution in [0.2, 0.25) is 0 Å². The Bertz CT molecular complexity index is 365. The molecule has 2 rings (SSSR count). The highest BCUT2D eigenvalue weighted by Gasteiger charge is 2.33. The normalized spacial score (nSPS) is 24.2. The van der Waals surface area contributed by atoms with E-state index in [2.05, 4.69) is 13.0 Å². The van der Waals surface area contributed by atoms with Crippen LogP contribution in [0, 0.1) is 0 Å². The van der Waals surface area contributed by atoms with Crippen molar-refractivity contribution in [1.29, 1.82) is 0 Å². The van der Waals surface area contributed by atoms with Gasteiger partial charge in [-0.2, -0.15) is 0 Å². The van der Waals surface area contributed by atoms with Crippen LogP contribution in [0.25, 0.3) is 0 Å². The fourth-order valence-corrected chi connectivity index (χ4v) is 2.03. The molecule has 0 radical (unpaired) electrons. The van der Waals surface area contributed by atoms with Crippen LogP contribution in [0.1, 0.15) is 18.9 Å². The summed E-state index contributed by atoms with van der Waals surface area (Å²) in [5.74, 6) is 1.66. The summed E-state index contributed by atoms with van der Waals surface area (Å²) in [4.78, 5) is 0. The molecule has 1 aromatic rings. The predicted molar refractivity (Wildman–Crippen MR) is 59.5 cm³/mol. The van der Waals surface area contributed by atoms with E-state index < -0.39 is 0 Å². The Hall–Kier alpha value is -1.22. The van der Waals surface area contributed by atoms with Crippen LogP contribution in [0.15, 0.2) is 18.2 Å². The van der Waals surface area contributed by atoms with Gasteiger partial charge in [-0.25, -0.2) is 0 Å². The molecule has 1 atom stereocenters. The van der Waals surface area contributed by atoms with Gasteiger partial charge in [-0.1, -0.05) is 19.1 Å². The van der Waals surface area contributed by atoms with Gasteiger partial charge in [-0.05, 0) is 12.5 Å². The van der Waals surface area contributed by atoms with Crippen molar-refractivity contribution in [2.24, 2.45) is 5.73 Å². The molecule has 1 heterocycles. The van der Waals surface area contributed by atoms with Crippen LogP contribution in [0.5, 0.6) is 11.5 Å². The molecular weight excluding hydrogens is 190 g/mol. The van der Waals surface area contributed by atoms with E-state index >= 15 is 0 Å². The summed E-state index contributed by atoms with van der Waals surface area (Å²) >= 11 is 0. The summed E-state index contributed by atoms with van der Waals surface area (Å²) in [5.41, 5.74) is 7.03. The minimum atomic E-state index is 0.0160. The first-order chi connectivity index (χ1) is 7.21. The van der Waals surface area contributed by atoms with Gasteiger partial charge < -0.3 is 15.2 Å². The SMILES string of the molecule is COc1cccc2c1OCCC2(C)CN. The first kappa shape index (κ1) is 10.3. The van der Waals surface area contributed by atoms with Crippen molar-refractivity contribution in [1.82, 2.24) is 0 Å². The summed E-state index contributed by atoms with van der Waals surface area (Å²) in [6.07, 6.45) is 0.962. The molecule has 15 heavy (non-hydrogen) atoms. The van der Waals surface area contributed by atoms with E-state index in [1.165, 1.54) is 0 Å². The van der Waals surface area contributed by atoms with Crippen LogP contribution in [-0.4, -0.2) is 20.3 Å². The van der Waals surface area contributed by atoms with E-state index in [4.69, 9.17) is 15.2 Å². The topological polar surface area (TPSA) is 44.5 Å². The molecule has 0 fully saturated rings. The molecule has 1 aliphatic rings. The molecule has 0 saturated carbocycles. The highest BCUT2D eigenvalue weighted by atomic mass is 16.5. The molecule has 1 unspecified atom stereocenters. The molecule has 0 aromatic heterocycles. The molecule has 1 aliphatic heterocycles. The maximum absolute atomic E-state index is 5.85. The largest absolute Gasteiger partial charge is 0.493 e. The van der Waals surface area contributed by atoms with E-state index in [0.29, 0.717) is 13.2 Å². The highest BCUT2D eigenvalue weighted by molar-refractivity contribution is 5.51. The van der Waals surface area contributed by atoms with Crippen LogP contribution >= 0.6 is 0 Å². The number of para-hydroxylation sites is 1. The Labute approximate surface area is 90.2 Å². The molecule has 0 saturated heterocycles. The molecule has 82 valence electrons. The molecule has 3 nitrogen and oxygen atoms in total. The zero-order chi connectivity index (χ0) is 10.9. The van der Waals surface area contributed by atoms with E-state index in [0.717, 1.165) is 23.5 Å². The second kappa shape index (κ2) is 3.74. The molecule has 1 aromatic carbocycles. The fraction of sp³-hybridized carbons (Fsp3) is 0.500. The number of hydrogen-bond acceptors (Lipinski definition) is 3. The molecule has 2 N–H and O–H groups in total. The second-order valence-corrected chi connectivity index (χ2v) is 4.20. The van der Waals surface area contributed by atoms with E-state index in [1.54, 1.807) is 7.11 Å². The quantitative estimate of drug-likeness (QED) is 0.802. The highest BCUT2D eigenvalue weighted by Crippen LogP contribution is 2.43. The minimum Gasteiger partial charge on any atom is -0.493 e. The number of nitrogens with two attached hydrogens (primary N) is 1. The van der Waals surface area contributed by atoms with Crippen molar-refractivity contribution >= 4 is 0 Å². The van der Waals surface area contributed by atoms with Crippen LogP contribution in [-0.2, 0) is 5.41 Å². The smallest absolute Gasteiger partial charge is 0.164 e. The van der Waals surface area contributed by atoms with Crippen molar-refractivity contribution in [3.8, 4) is 11.5 Å². The number of benzene rings is 1. The van der Waals surface area contributed by atoms with Crippen molar-refractivity contribution in [3.63, 3.8) is 0 Å². The molecule has 3 heteroatoms. The predicted octanol–water partition coefficient (Wildman–Crippen LogP) is 1.69. The van der Waals surface area contributed by atoms with Gasteiger partial charge in [-0.15, -0.1) is 0 Å². The average molecular weight is 207 g/mol. The molecule has 0 bridgehead atoms. The van der Waals surface area contributed by atoms with Crippen LogP contribution in [0.4, 0.5) is 0 Å². The van der Waals surface area contributed by atoms with Crippen LogP contribution in [0.3, 0.4) is 0 Å². The Morgan fingerprint density at radius 2 is 2.33 bits per heavy atom. The molecule has 0 amide bonds. The number of methoxy groups -OCH3 is 1. The third kappa shape index (κ3) is 1.57. The third-order valence-electron chi connectivity index (χ3n) is 3.20. The van der Waals surface area contributed by atoms with Crippen molar-refractivity contribution in [2.75, 3.05) is 20.3 Å². The lowest BCUT2D eigenvalue weighted by atomic mass is 9.78. The maximum Gasteiger partial charge on any atom is 0.164 e. The first-order valence-electron chi connectivity index (χ1n) is 5.21. The lowest BCUT2D eigenvalue weighted by molar-refractivity contribution is 0.216. The van der Waals surface area contributed by atoms with Gasteiger partial charge in [0.1, 0.15) is 0 Å².